The standard InChI is InChI=1S/C6H14OSi.K.H/c1-6(8)4-2-3-5-7-6;;/h2-5H2,1,8H3;;/q;+1;-1. The zero-order valence-corrected chi connectivity index (χ0v) is 11.9. The molecule has 0 radical (unpaired) electrons. The Morgan fingerprint density at radius 2 is 2.22 bits per heavy atom. The molecule has 1 aliphatic rings. The molecule has 0 aromatic rings. The Labute approximate surface area is 104 Å². The molecule has 1 heterocycles. The Bertz CT molecular complexity index is 81.8. The molecule has 1 rings (SSSR count). The van der Waals surface area contributed by atoms with E-state index in [9.17, 15) is 0 Å². The molecule has 0 aliphatic carbocycles. The van der Waals surface area contributed by atoms with E-state index in [2.05, 4.69) is 6.92 Å². The third-order valence-corrected chi connectivity index (χ3v) is 2.45. The van der Waals surface area contributed by atoms with Crippen LogP contribution >= 0.6 is 0 Å². The molecular formula is C6H15KOSi. The Hall–Kier alpha value is 1.81. The Kier molecular flexibility index (Phi) is 5.58. The zero-order valence-electron chi connectivity index (χ0n) is 7.74. The zero-order chi connectivity index (χ0) is 6.04. The van der Waals surface area contributed by atoms with Crippen molar-refractivity contribution in [2.45, 2.75) is 31.4 Å². The molecule has 1 unspecified atom stereocenters. The third-order valence-electron chi connectivity index (χ3n) is 1.67. The van der Waals surface area contributed by atoms with Gasteiger partial charge < -0.3 is 6.16 Å². The summed E-state index contributed by atoms with van der Waals surface area (Å²) in [5.74, 6) is 0. The smallest absolute Gasteiger partial charge is 1.00 e. The molecular weight excluding hydrogens is 155 g/mol. The fourth-order valence-corrected chi connectivity index (χ4v) is 1.63. The minimum Gasteiger partial charge on any atom is -1.00 e. The predicted octanol–water partition coefficient (Wildman–Crippen LogP) is -2.61. The van der Waals surface area contributed by atoms with E-state index in [4.69, 9.17) is 4.74 Å². The van der Waals surface area contributed by atoms with Crippen LogP contribution in [0.1, 0.15) is 27.6 Å². The first-order chi connectivity index (χ1) is 3.71. The molecule has 3 heteroatoms. The first kappa shape index (κ1) is 10.8. The van der Waals surface area contributed by atoms with Crippen LogP contribution in [-0.4, -0.2) is 22.1 Å². The number of hydrogen-bond donors (Lipinski definition) is 0. The van der Waals surface area contributed by atoms with Crippen LogP contribution in [0.5, 0.6) is 0 Å². The summed E-state index contributed by atoms with van der Waals surface area (Å²) in [4.78, 5) is 0. The summed E-state index contributed by atoms with van der Waals surface area (Å²) in [7, 11) is 1.19. The van der Waals surface area contributed by atoms with Crippen LogP contribution in [0.15, 0.2) is 0 Å². The topological polar surface area (TPSA) is 9.23 Å². The van der Waals surface area contributed by atoms with E-state index in [1.54, 1.807) is 0 Å². The molecule has 1 saturated heterocycles. The summed E-state index contributed by atoms with van der Waals surface area (Å²) in [6, 6.07) is 0. The van der Waals surface area contributed by atoms with E-state index in [0.29, 0.717) is 5.22 Å². The second-order valence-electron chi connectivity index (χ2n) is 3.07. The normalized spacial score (nSPS) is 35.7. The van der Waals surface area contributed by atoms with E-state index in [-0.39, 0.29) is 52.8 Å². The third kappa shape index (κ3) is 4.29. The van der Waals surface area contributed by atoms with Crippen molar-refractivity contribution in [3.63, 3.8) is 0 Å². The van der Waals surface area contributed by atoms with Gasteiger partial charge in [-0.25, -0.2) is 0 Å². The van der Waals surface area contributed by atoms with Crippen LogP contribution in [0, 0.1) is 0 Å². The fourth-order valence-electron chi connectivity index (χ4n) is 1.07. The maximum atomic E-state index is 5.53. The molecule has 0 aromatic carbocycles. The maximum Gasteiger partial charge on any atom is 1.00 e. The van der Waals surface area contributed by atoms with Gasteiger partial charge in [-0.1, -0.05) is 0 Å². The Morgan fingerprint density at radius 1 is 1.56 bits per heavy atom. The molecule has 0 bridgehead atoms. The van der Waals surface area contributed by atoms with Gasteiger partial charge in [0.15, 0.2) is 0 Å². The van der Waals surface area contributed by atoms with E-state index in [1.165, 1.54) is 29.5 Å². The van der Waals surface area contributed by atoms with Gasteiger partial charge in [-0.15, -0.1) is 0 Å². The van der Waals surface area contributed by atoms with Crippen molar-refractivity contribution < 1.29 is 57.5 Å². The molecule has 1 nitrogen and oxygen atoms in total. The van der Waals surface area contributed by atoms with Crippen LogP contribution in [0.4, 0.5) is 0 Å². The van der Waals surface area contributed by atoms with Gasteiger partial charge in [-0.05, 0) is 26.2 Å². The van der Waals surface area contributed by atoms with E-state index in [0.717, 1.165) is 6.61 Å². The van der Waals surface area contributed by atoms with Crippen molar-refractivity contribution in [2.24, 2.45) is 0 Å². The number of ether oxygens (including phenoxy) is 1. The predicted molar refractivity (Wildman–Crippen MR) is 39.3 cm³/mol. The summed E-state index contributed by atoms with van der Waals surface area (Å²) in [6.45, 7) is 3.22. The van der Waals surface area contributed by atoms with Gasteiger partial charge in [0.25, 0.3) is 0 Å². The molecule has 50 valence electrons. The summed E-state index contributed by atoms with van der Waals surface area (Å²) in [5, 5.41) is 0.318. The molecule has 1 aliphatic heterocycles. The largest absolute Gasteiger partial charge is 1.00 e. The molecule has 0 saturated carbocycles. The van der Waals surface area contributed by atoms with Gasteiger partial charge in [0, 0.05) is 22.1 Å². The Balaban J connectivity index is 0. The summed E-state index contributed by atoms with van der Waals surface area (Å²) in [6.07, 6.45) is 3.94. The van der Waals surface area contributed by atoms with Crippen molar-refractivity contribution >= 4 is 10.2 Å². The SMILES string of the molecule is CC1([SiH3])CCCCO1.[H-].[K+]. The molecule has 1 atom stereocenters. The average Bonchev–Trinajstić information content (AvgIpc) is 1.65. The minimum absolute atomic E-state index is 0. The second kappa shape index (κ2) is 4.64. The van der Waals surface area contributed by atoms with Crippen LogP contribution in [-0.2, 0) is 4.74 Å². The maximum absolute atomic E-state index is 5.53. The van der Waals surface area contributed by atoms with Gasteiger partial charge in [0.05, 0.1) is 0 Å². The summed E-state index contributed by atoms with van der Waals surface area (Å²) < 4.78 is 5.53. The molecule has 0 amide bonds. The summed E-state index contributed by atoms with van der Waals surface area (Å²) in [5.41, 5.74) is 0. The van der Waals surface area contributed by atoms with Crippen molar-refractivity contribution in [3.8, 4) is 0 Å². The van der Waals surface area contributed by atoms with Crippen LogP contribution in [0.3, 0.4) is 0 Å². The van der Waals surface area contributed by atoms with Gasteiger partial charge >= 0.3 is 51.4 Å². The molecule has 1 fully saturated rings. The van der Waals surface area contributed by atoms with Crippen molar-refractivity contribution in [3.05, 3.63) is 0 Å². The van der Waals surface area contributed by atoms with Crippen molar-refractivity contribution in [2.75, 3.05) is 6.61 Å². The minimum atomic E-state index is 0. The Morgan fingerprint density at radius 3 is 2.44 bits per heavy atom. The second-order valence-corrected chi connectivity index (χ2v) is 5.18. The van der Waals surface area contributed by atoms with Crippen LogP contribution < -0.4 is 51.4 Å². The molecule has 9 heavy (non-hydrogen) atoms. The van der Waals surface area contributed by atoms with Crippen molar-refractivity contribution in [1.82, 2.24) is 0 Å². The van der Waals surface area contributed by atoms with Crippen molar-refractivity contribution in [1.29, 1.82) is 0 Å². The van der Waals surface area contributed by atoms with E-state index >= 15 is 0 Å². The molecule has 0 N–H and O–H groups in total. The van der Waals surface area contributed by atoms with Gasteiger partial charge in [-0.3, -0.25) is 0 Å². The number of hydrogen-bond acceptors (Lipinski definition) is 1. The number of rotatable bonds is 0. The fraction of sp³-hybridized carbons (Fsp3) is 1.00. The monoisotopic (exact) mass is 170 g/mol. The molecule has 0 spiro atoms. The van der Waals surface area contributed by atoms with Gasteiger partial charge in [-0.2, -0.15) is 0 Å². The van der Waals surface area contributed by atoms with Crippen LogP contribution in [0.2, 0.25) is 0 Å². The summed E-state index contributed by atoms with van der Waals surface area (Å²) >= 11 is 0. The first-order valence-corrected chi connectivity index (χ1v) is 4.35. The van der Waals surface area contributed by atoms with E-state index < -0.39 is 0 Å². The van der Waals surface area contributed by atoms with Gasteiger partial charge in [0.1, 0.15) is 0 Å². The average molecular weight is 170 g/mol. The quantitative estimate of drug-likeness (QED) is 0.362. The van der Waals surface area contributed by atoms with Gasteiger partial charge in [0.2, 0.25) is 0 Å². The molecule has 0 aromatic heterocycles. The van der Waals surface area contributed by atoms with Crippen LogP contribution in [0.25, 0.3) is 0 Å². The van der Waals surface area contributed by atoms with E-state index in [1.807, 2.05) is 0 Å². The first-order valence-electron chi connectivity index (χ1n) is 3.35.